The minimum Gasteiger partial charge on any atom is -0.508 e. The number of hydrogen-bond donors (Lipinski definition) is 1. The molecule has 0 aliphatic heterocycles. The molecule has 1 radical (unpaired) electrons. The van der Waals surface area contributed by atoms with E-state index >= 15 is 0 Å². The zero-order chi connectivity index (χ0) is 14.3. The van der Waals surface area contributed by atoms with E-state index in [4.69, 9.17) is 5.11 Å². The van der Waals surface area contributed by atoms with E-state index in [1.807, 2.05) is 12.5 Å². The normalized spacial score (nSPS) is 25.0. The molecule has 0 aromatic heterocycles. The summed E-state index contributed by atoms with van der Waals surface area (Å²) in [5.41, 5.74) is 0.432. The molecule has 2 unspecified atom stereocenters. The van der Waals surface area contributed by atoms with E-state index in [0.717, 1.165) is 12.2 Å². The summed E-state index contributed by atoms with van der Waals surface area (Å²) in [4.78, 5) is 10.3. The first-order valence-electron chi connectivity index (χ1n) is 6.95. The molecule has 0 bridgehead atoms. The number of phenolic OH excluding ortho intramolecular Hbond substituents is 1. The second-order valence-electron chi connectivity index (χ2n) is 6.34. The first kappa shape index (κ1) is 15.7. The number of para-hydroxylation sites is 1. The van der Waals surface area contributed by atoms with Gasteiger partial charge in [0, 0.05) is 6.42 Å². The van der Waals surface area contributed by atoms with Gasteiger partial charge in [-0.3, -0.25) is 0 Å². The molecule has 0 saturated heterocycles. The van der Waals surface area contributed by atoms with Gasteiger partial charge in [-0.2, -0.15) is 0 Å². The van der Waals surface area contributed by atoms with E-state index in [9.17, 15) is 4.79 Å². The molecule has 1 saturated carbocycles. The quantitative estimate of drug-likeness (QED) is 0.808. The van der Waals surface area contributed by atoms with E-state index < -0.39 is 0 Å². The monoisotopic (exact) mass is 261 g/mol. The molecule has 105 valence electrons. The van der Waals surface area contributed by atoms with Crippen LogP contribution in [0.5, 0.6) is 5.75 Å². The van der Waals surface area contributed by atoms with Crippen LogP contribution in [-0.2, 0) is 4.79 Å². The zero-order valence-corrected chi connectivity index (χ0v) is 12.2. The molecule has 1 aliphatic rings. The molecule has 1 fully saturated rings. The molecule has 2 heteroatoms. The first-order valence-corrected chi connectivity index (χ1v) is 6.95. The number of hydrogen-bond acceptors (Lipinski definition) is 2. The smallest absolute Gasteiger partial charge is 0.124 e. The van der Waals surface area contributed by atoms with Gasteiger partial charge in [-0.1, -0.05) is 39.0 Å². The predicted octanol–water partition coefficient (Wildman–Crippen LogP) is 4.24. The first-order chi connectivity index (χ1) is 8.93. The Kier molecular flexibility index (Phi) is 6.07. The SMILES string of the molecule is CC1CC([CH]C=O)CC(C)(C)C1.Oc1ccccc1. The standard InChI is InChI=1S/C11H19O.C6H6O/c1-9-6-10(4-5-12)8-11(2,3)7-9;7-6-4-2-1-3-5-6/h4-5,9-10H,6-8H2,1-3H3;1-5,7H. The highest BCUT2D eigenvalue weighted by molar-refractivity contribution is 5.61. The van der Waals surface area contributed by atoms with Crippen LogP contribution in [0.3, 0.4) is 0 Å². The van der Waals surface area contributed by atoms with Crippen LogP contribution in [0.25, 0.3) is 0 Å². The number of carbonyl (C=O) groups is 1. The lowest BCUT2D eigenvalue weighted by Crippen LogP contribution is -2.27. The summed E-state index contributed by atoms with van der Waals surface area (Å²) in [5.74, 6) is 1.62. The van der Waals surface area contributed by atoms with Crippen LogP contribution in [0.15, 0.2) is 30.3 Å². The van der Waals surface area contributed by atoms with Crippen molar-refractivity contribution in [3.05, 3.63) is 36.8 Å². The van der Waals surface area contributed by atoms with E-state index in [2.05, 4.69) is 20.8 Å². The topological polar surface area (TPSA) is 37.3 Å². The largest absolute Gasteiger partial charge is 0.508 e. The second-order valence-corrected chi connectivity index (χ2v) is 6.34. The Morgan fingerprint density at radius 3 is 2.26 bits per heavy atom. The minimum atomic E-state index is 0.322. The van der Waals surface area contributed by atoms with E-state index in [1.165, 1.54) is 19.3 Å². The van der Waals surface area contributed by atoms with Gasteiger partial charge in [0.1, 0.15) is 12.0 Å². The summed E-state index contributed by atoms with van der Waals surface area (Å²) in [7, 11) is 0. The van der Waals surface area contributed by atoms with Crippen molar-refractivity contribution in [1.29, 1.82) is 0 Å². The molecule has 1 N–H and O–H groups in total. The highest BCUT2D eigenvalue weighted by atomic mass is 16.3. The molecule has 0 amide bonds. The third-order valence-electron chi connectivity index (χ3n) is 3.53. The van der Waals surface area contributed by atoms with E-state index in [0.29, 0.717) is 17.1 Å². The van der Waals surface area contributed by atoms with Gasteiger partial charge < -0.3 is 9.90 Å². The lowest BCUT2D eigenvalue weighted by Gasteiger charge is -2.38. The number of aldehydes is 1. The molecule has 0 heterocycles. The number of phenols is 1. The summed E-state index contributed by atoms with van der Waals surface area (Å²) in [5, 5.41) is 8.63. The van der Waals surface area contributed by atoms with Crippen LogP contribution in [0, 0.1) is 23.7 Å². The Hall–Kier alpha value is -1.31. The molecule has 1 aromatic rings. The summed E-state index contributed by atoms with van der Waals surface area (Å²) < 4.78 is 0. The van der Waals surface area contributed by atoms with Crippen LogP contribution in [0.2, 0.25) is 0 Å². The van der Waals surface area contributed by atoms with Crippen LogP contribution in [0.1, 0.15) is 40.0 Å². The maximum absolute atomic E-state index is 10.3. The molecule has 19 heavy (non-hydrogen) atoms. The maximum Gasteiger partial charge on any atom is 0.124 e. The molecule has 2 atom stereocenters. The summed E-state index contributed by atoms with van der Waals surface area (Å²) >= 11 is 0. The van der Waals surface area contributed by atoms with E-state index in [1.54, 1.807) is 24.3 Å². The van der Waals surface area contributed by atoms with Gasteiger partial charge in [0.05, 0.1) is 0 Å². The summed E-state index contributed by atoms with van der Waals surface area (Å²) in [6.45, 7) is 6.88. The Labute approximate surface area is 116 Å². The number of aromatic hydroxyl groups is 1. The van der Waals surface area contributed by atoms with Crippen LogP contribution in [0.4, 0.5) is 0 Å². The van der Waals surface area contributed by atoms with Gasteiger partial charge in [-0.25, -0.2) is 0 Å². The lowest BCUT2D eigenvalue weighted by atomic mass is 9.67. The van der Waals surface area contributed by atoms with Crippen molar-refractivity contribution in [1.82, 2.24) is 0 Å². The lowest BCUT2D eigenvalue weighted by molar-refractivity contribution is -0.106. The van der Waals surface area contributed by atoms with Crippen molar-refractivity contribution < 1.29 is 9.90 Å². The van der Waals surface area contributed by atoms with Crippen LogP contribution >= 0.6 is 0 Å². The van der Waals surface area contributed by atoms with Gasteiger partial charge in [-0.05, 0) is 48.6 Å². The highest BCUT2D eigenvalue weighted by Gasteiger charge is 2.31. The van der Waals surface area contributed by atoms with Gasteiger partial charge in [0.15, 0.2) is 0 Å². The average Bonchev–Trinajstić information content (AvgIpc) is 2.28. The molecule has 1 aromatic carbocycles. The van der Waals surface area contributed by atoms with Gasteiger partial charge in [-0.15, -0.1) is 0 Å². The second kappa shape index (κ2) is 7.32. The van der Waals surface area contributed by atoms with Crippen LogP contribution in [-0.4, -0.2) is 11.4 Å². The Bertz CT molecular complexity index is 370. The van der Waals surface area contributed by atoms with E-state index in [-0.39, 0.29) is 0 Å². The molecular formula is C17H25O2. The van der Waals surface area contributed by atoms with Crippen molar-refractivity contribution in [3.63, 3.8) is 0 Å². The molecule has 1 aliphatic carbocycles. The minimum absolute atomic E-state index is 0.322. The van der Waals surface area contributed by atoms with Crippen LogP contribution < -0.4 is 0 Å². The molecule has 2 nitrogen and oxygen atoms in total. The fraction of sp³-hybridized carbons (Fsp3) is 0.529. The van der Waals surface area contributed by atoms with Crippen molar-refractivity contribution in [2.24, 2.45) is 17.3 Å². The molecule has 2 rings (SSSR count). The fourth-order valence-corrected chi connectivity index (χ4v) is 3.11. The van der Waals surface area contributed by atoms with Crippen molar-refractivity contribution in [3.8, 4) is 5.75 Å². The third kappa shape index (κ3) is 6.42. The third-order valence-corrected chi connectivity index (χ3v) is 3.53. The Morgan fingerprint density at radius 1 is 1.21 bits per heavy atom. The number of rotatable bonds is 2. The number of carbonyl (C=O) groups excluding carboxylic acids is 1. The van der Waals surface area contributed by atoms with Gasteiger partial charge >= 0.3 is 0 Å². The van der Waals surface area contributed by atoms with Gasteiger partial charge in [0.2, 0.25) is 0 Å². The van der Waals surface area contributed by atoms with Gasteiger partial charge in [0.25, 0.3) is 0 Å². The Balaban J connectivity index is 0.000000218. The summed E-state index contributed by atoms with van der Waals surface area (Å²) in [6.07, 6.45) is 6.46. The zero-order valence-electron chi connectivity index (χ0n) is 12.2. The van der Waals surface area contributed by atoms with Crippen molar-refractivity contribution >= 4 is 6.29 Å². The Morgan fingerprint density at radius 2 is 1.84 bits per heavy atom. The average molecular weight is 261 g/mol. The van der Waals surface area contributed by atoms with Crippen molar-refractivity contribution in [2.45, 2.75) is 40.0 Å². The highest BCUT2D eigenvalue weighted by Crippen LogP contribution is 2.42. The molecule has 0 spiro atoms. The predicted molar refractivity (Wildman–Crippen MR) is 78.8 cm³/mol. The molecular weight excluding hydrogens is 236 g/mol. The van der Waals surface area contributed by atoms with Crippen molar-refractivity contribution in [2.75, 3.05) is 0 Å². The maximum atomic E-state index is 10.3. The fourth-order valence-electron chi connectivity index (χ4n) is 3.11. The summed E-state index contributed by atoms with van der Waals surface area (Å²) in [6, 6.07) is 8.71. The number of benzene rings is 1.